The van der Waals surface area contributed by atoms with E-state index in [-0.39, 0.29) is 68.3 Å². The Morgan fingerprint density at radius 2 is 0.549 bits per heavy atom. The Morgan fingerprint density at radius 3 is 0.970 bits per heavy atom. The molecule has 0 amide bonds. The van der Waals surface area contributed by atoms with Crippen LogP contribution in [0.5, 0.6) is 0 Å². The van der Waals surface area contributed by atoms with E-state index in [2.05, 4.69) is 206 Å². The molecule has 0 bridgehead atoms. The Bertz CT molecular complexity index is 9950. The second-order valence-electron chi connectivity index (χ2n) is 31.3. The van der Waals surface area contributed by atoms with Crippen LogP contribution in [0.25, 0.3) is 236 Å². The lowest BCUT2D eigenvalue weighted by molar-refractivity contribution is 1.11. The van der Waals surface area contributed by atoms with Crippen molar-refractivity contribution in [2.45, 2.75) is 6.92 Å². The predicted molar refractivity (Wildman–Crippen MR) is 522 cm³/mol. The summed E-state index contributed by atoms with van der Waals surface area (Å²) in [7, 11) is 0. The Kier molecular flexibility index (Phi) is 19.2. The van der Waals surface area contributed by atoms with Crippen LogP contribution in [0.2, 0.25) is 0 Å². The van der Waals surface area contributed by atoms with E-state index in [1.807, 2.05) is 177 Å². The maximum absolute atomic E-state index is 9.98. The monoisotopic (exact) mass is 1690 g/mol. The molecule has 20 nitrogen and oxygen atoms in total. The molecule has 0 unspecified atom stereocenters. The minimum atomic E-state index is -0.174. The molecule has 4 heterocycles. The third kappa shape index (κ3) is 12.6. The van der Waals surface area contributed by atoms with Gasteiger partial charge in [-0.05, 0) is 154 Å². The molecule has 0 aliphatic heterocycles. The average Bonchev–Trinajstić information content (AvgIpc) is 0.714. The summed E-state index contributed by atoms with van der Waals surface area (Å²) in [5.41, 5.74) is 7.37. The normalized spacial score (nSPS) is 11.0. The van der Waals surface area contributed by atoms with Gasteiger partial charge in [0.25, 0.3) is 0 Å². The fourth-order valence-corrected chi connectivity index (χ4v) is 18.9. The van der Waals surface area contributed by atoms with Gasteiger partial charge < -0.3 is 4.85 Å². The van der Waals surface area contributed by atoms with Gasteiger partial charge in [-0.25, -0.2) is 34.9 Å². The Hall–Kier alpha value is -20.7. The van der Waals surface area contributed by atoms with Crippen molar-refractivity contribution in [1.29, 1.82) is 42.1 Å². The summed E-state index contributed by atoms with van der Waals surface area (Å²) in [6, 6.07) is 112. The summed E-state index contributed by atoms with van der Waals surface area (Å²) in [4.78, 5) is 50.7. The number of benzene rings is 20. The number of hydrogen-bond acceptors (Lipinski definition) is 16. The summed E-state index contributed by atoms with van der Waals surface area (Å²) in [5, 5.41) is 106. The molecule has 0 N–H and O–H groups in total. The van der Waals surface area contributed by atoms with E-state index >= 15 is 0 Å². The van der Waals surface area contributed by atoms with Crippen molar-refractivity contribution in [3.8, 4) is 70.9 Å². The third-order valence-corrected chi connectivity index (χ3v) is 24.6. The lowest BCUT2D eigenvalue weighted by Gasteiger charge is -2.18. The zero-order chi connectivity index (χ0) is 91.0. The minimum Gasteiger partial charge on any atom is -0.358 e. The molecule has 24 aromatic rings. The maximum atomic E-state index is 9.98. The lowest BCUT2D eigenvalue weighted by atomic mass is 9.85. The van der Waals surface area contributed by atoms with Gasteiger partial charge in [-0.15, -0.1) is 4.98 Å². The molecule has 133 heavy (non-hydrogen) atoms. The molecule has 0 aliphatic carbocycles. The molecular formula is C113H50N20. The van der Waals surface area contributed by atoms with Crippen LogP contribution in [-0.2, 0) is 0 Å². The number of rotatable bonds is 2. The molecule has 0 radical (unpaired) electrons. The zero-order valence-electron chi connectivity index (χ0n) is 69.6. The van der Waals surface area contributed by atoms with Gasteiger partial charge in [-0.3, -0.25) is 14.5 Å². The quantitative estimate of drug-likeness (QED) is 0.0882. The fourth-order valence-electron chi connectivity index (χ4n) is 18.9. The minimum absolute atomic E-state index is 0.000405. The SMILES string of the molecule is N#Cc1nc2c(nc1C#N)c1c3ccccc3ccc1c1ccc3ccccc3c12.N#Cc1nc2c3ccc4ccccc4c3c3ccc4ccccc4c3c2nc1C#N.[C-]#[N+]c1c([N+]#[C-])c([N+]#[C-])c2cc3c(cc2c1C#N)c1nc(C#N)c(C#N)nc1c1c2ccccc2ccc31.[C-]#[N+]c1nc(-c2c(-c3ccc4ccccc4c3)c3ccccc3c3ccccc23)c(C)nc1C#N. The van der Waals surface area contributed by atoms with Gasteiger partial charge in [-0.1, -0.05) is 280 Å². The average molecular weight is 1690 g/mol. The largest absolute Gasteiger partial charge is 0.358 e. The summed E-state index contributed by atoms with van der Waals surface area (Å²) in [6.07, 6.45) is 0. The van der Waals surface area contributed by atoms with Crippen LogP contribution in [0.4, 0.5) is 22.9 Å². The van der Waals surface area contributed by atoms with Crippen LogP contribution < -0.4 is 0 Å². The van der Waals surface area contributed by atoms with E-state index in [0.29, 0.717) is 66.0 Å². The number of nitriles is 8. The van der Waals surface area contributed by atoms with Gasteiger partial charge in [-0.2, -0.15) is 42.1 Å². The highest BCUT2D eigenvalue weighted by molar-refractivity contribution is 6.37. The van der Waals surface area contributed by atoms with Crippen LogP contribution in [0, 0.1) is 124 Å². The standard InChI is InChI=1S/C31H18N4.C30H8N8.2C26H12N4/c1-19-30(35-31(33-2)27(18-32)34-19)29-26-14-8-6-12-24(26)23-11-5-7-13-25(23)28(29)22-16-15-20-9-3-4-10-21(20)17-22;1-34-26-20-10-18-17-9-8-15-6-4-5-7-16(15)25(17)29-28(37-23(13-32)24(14-33)38-29)21(18)11-19(20)22(12-31)27(35-2)30(26)36-3;27-13-21-22(14-28)30-26-24-18-8-4-2-6-16(18)9-11-19(24)23-17-7-3-1-5-15(17)10-12-20(23)25(26)29-21;27-13-21-22(14-28)30-26-24-18-8-4-2-6-16(18)10-12-20(24)19-11-9-15-5-1-3-7-17(15)23(19)25(26)29-21/h3-17H,1H3;4-11H;2*1-12H. The summed E-state index contributed by atoms with van der Waals surface area (Å²) < 4.78 is 0. The van der Waals surface area contributed by atoms with E-state index < -0.39 is 0 Å². The van der Waals surface area contributed by atoms with Crippen molar-refractivity contribution in [3.63, 3.8) is 0 Å². The maximum Gasteiger partial charge on any atom is 0.307 e. The van der Waals surface area contributed by atoms with Crippen molar-refractivity contribution < 1.29 is 0 Å². The molecule has 0 saturated carbocycles. The van der Waals surface area contributed by atoms with E-state index in [9.17, 15) is 42.1 Å². The molecule has 0 aliphatic rings. The van der Waals surface area contributed by atoms with Crippen LogP contribution in [0.3, 0.4) is 0 Å². The van der Waals surface area contributed by atoms with Gasteiger partial charge in [0.05, 0.1) is 70.1 Å². The number of aryl methyl sites for hydroxylation is 1. The Balaban J connectivity index is 0.000000107. The zero-order valence-corrected chi connectivity index (χ0v) is 69.6. The number of fused-ring (bicyclic) bond motifs is 33. The molecule has 0 fully saturated rings. The van der Waals surface area contributed by atoms with Crippen molar-refractivity contribution in [2.75, 3.05) is 0 Å². The highest BCUT2D eigenvalue weighted by Gasteiger charge is 2.29. The second-order valence-corrected chi connectivity index (χ2v) is 31.3. The molecule has 0 atom stereocenters. The first-order chi connectivity index (χ1) is 65.4. The predicted octanol–water partition coefficient (Wildman–Crippen LogP) is 27.5. The first kappa shape index (κ1) is 79.5. The van der Waals surface area contributed by atoms with Crippen molar-refractivity contribution in [1.82, 2.24) is 39.9 Å². The molecule has 20 aromatic carbocycles. The van der Waals surface area contributed by atoms with Crippen LogP contribution in [-0.4, -0.2) is 39.9 Å². The van der Waals surface area contributed by atoms with E-state index in [0.717, 1.165) is 151 Å². The molecule has 0 spiro atoms. The molecule has 0 saturated heterocycles. The van der Waals surface area contributed by atoms with E-state index in [4.69, 9.17) is 31.3 Å². The molecule has 4 aromatic heterocycles. The molecule has 24 rings (SSSR count). The lowest BCUT2D eigenvalue weighted by Crippen LogP contribution is -1.99. The number of nitrogens with zero attached hydrogens (tertiary/aromatic N) is 20. The van der Waals surface area contributed by atoms with Crippen LogP contribution in [0.15, 0.2) is 285 Å². The first-order valence-electron chi connectivity index (χ1n) is 41.5. The molecule has 20 heteroatoms. The Morgan fingerprint density at radius 1 is 0.218 bits per heavy atom. The van der Waals surface area contributed by atoms with Gasteiger partial charge in [0, 0.05) is 43.4 Å². The topological polar surface area (TPSA) is 311 Å². The fraction of sp³-hybridized carbons (Fsp3) is 0.00885. The summed E-state index contributed by atoms with van der Waals surface area (Å²) in [5.74, 6) is 0.0230. The number of aromatic nitrogens is 8. The Labute approximate surface area is 754 Å². The molecule has 602 valence electrons. The van der Waals surface area contributed by atoms with E-state index in [1.165, 1.54) is 5.39 Å². The summed E-state index contributed by atoms with van der Waals surface area (Å²) >= 11 is 0. The van der Waals surface area contributed by atoms with Gasteiger partial charge in [0.15, 0.2) is 51.2 Å². The van der Waals surface area contributed by atoms with Crippen LogP contribution >= 0.6 is 0 Å². The van der Waals surface area contributed by atoms with E-state index in [1.54, 1.807) is 12.1 Å². The smallest absolute Gasteiger partial charge is 0.307 e. The number of hydrogen-bond donors (Lipinski definition) is 0. The molecular weight excluding hydrogens is 1640 g/mol. The second kappa shape index (κ2) is 32.1. The highest BCUT2D eigenvalue weighted by Crippen LogP contribution is 2.52. The van der Waals surface area contributed by atoms with Crippen LogP contribution in [0.1, 0.15) is 51.1 Å². The van der Waals surface area contributed by atoms with Gasteiger partial charge in [0.1, 0.15) is 42.5 Å². The third-order valence-electron chi connectivity index (χ3n) is 24.6. The van der Waals surface area contributed by atoms with Crippen molar-refractivity contribution in [3.05, 3.63) is 382 Å². The van der Waals surface area contributed by atoms with Crippen molar-refractivity contribution in [2.24, 2.45) is 0 Å². The van der Waals surface area contributed by atoms with Gasteiger partial charge >= 0.3 is 5.82 Å². The van der Waals surface area contributed by atoms with Gasteiger partial charge in [0.2, 0.25) is 11.4 Å². The first-order valence-corrected chi connectivity index (χ1v) is 41.5. The highest BCUT2D eigenvalue weighted by atomic mass is 15.0. The van der Waals surface area contributed by atoms with Crippen molar-refractivity contribution >= 4 is 218 Å². The summed E-state index contributed by atoms with van der Waals surface area (Å²) in [6.45, 7) is 32.4.